The van der Waals surface area contributed by atoms with Crippen LogP contribution in [0.4, 0.5) is 0 Å². The smallest absolute Gasteiger partial charge is 0.123 e. The first-order chi connectivity index (χ1) is 11.8. The number of hydrogen-bond donors (Lipinski definition) is 2. The maximum Gasteiger partial charge on any atom is 0.123 e. The minimum atomic E-state index is 0.301. The van der Waals surface area contributed by atoms with Gasteiger partial charge in [0, 0.05) is 17.0 Å². The zero-order chi connectivity index (χ0) is 16.4. The molecule has 0 radical (unpaired) electrons. The molecule has 0 amide bonds. The minimum absolute atomic E-state index is 0.301. The summed E-state index contributed by atoms with van der Waals surface area (Å²) in [6, 6.07) is 8.59. The van der Waals surface area contributed by atoms with E-state index in [1.165, 1.54) is 5.56 Å². The number of hydrogen-bond acceptors (Lipinski definition) is 4. The molecular weight excluding hydrogens is 302 g/mol. The molecule has 4 rings (SSSR count). The molecule has 2 N–H and O–H groups in total. The van der Waals surface area contributed by atoms with Crippen LogP contribution in [0.5, 0.6) is 5.75 Å². The second-order valence-electron chi connectivity index (χ2n) is 6.57. The van der Waals surface area contributed by atoms with Crippen LogP contribution in [0.3, 0.4) is 0 Å². The number of nitrogens with one attached hydrogen (secondary N) is 2. The van der Waals surface area contributed by atoms with Crippen LogP contribution in [0.1, 0.15) is 37.0 Å². The lowest BCUT2D eigenvalue weighted by molar-refractivity contribution is 0.138. The lowest BCUT2D eigenvalue weighted by Crippen LogP contribution is -2.35. The van der Waals surface area contributed by atoms with E-state index in [4.69, 9.17) is 9.15 Å². The van der Waals surface area contributed by atoms with Crippen molar-refractivity contribution in [3.8, 4) is 5.75 Å². The fourth-order valence-corrected chi connectivity index (χ4v) is 3.49. The first kappa shape index (κ1) is 15.3. The molecule has 5 nitrogen and oxygen atoms in total. The Labute approximate surface area is 141 Å². The normalized spacial score (nSPS) is 21.2. The average Bonchev–Trinajstić information content (AvgIpc) is 3.28. The van der Waals surface area contributed by atoms with Crippen molar-refractivity contribution in [2.45, 2.75) is 51.3 Å². The van der Waals surface area contributed by atoms with Crippen LogP contribution in [-0.4, -0.2) is 22.3 Å². The number of aryl methyl sites for hydroxylation is 1. The molecule has 0 spiro atoms. The highest BCUT2D eigenvalue weighted by Gasteiger charge is 2.23. The summed E-state index contributed by atoms with van der Waals surface area (Å²) in [6.07, 6.45) is 8.33. The number of furan rings is 1. The van der Waals surface area contributed by atoms with Crippen molar-refractivity contribution in [3.63, 3.8) is 0 Å². The van der Waals surface area contributed by atoms with E-state index < -0.39 is 0 Å². The Hall–Kier alpha value is -2.27. The molecule has 1 saturated carbocycles. The fraction of sp³-hybridized carbons (Fsp3) is 0.421. The Morgan fingerprint density at radius 1 is 1.25 bits per heavy atom. The summed E-state index contributed by atoms with van der Waals surface area (Å²) in [5, 5.41) is 11.8. The molecule has 5 heteroatoms. The van der Waals surface area contributed by atoms with Crippen molar-refractivity contribution in [1.29, 1.82) is 0 Å². The summed E-state index contributed by atoms with van der Waals surface area (Å²) in [6.45, 7) is 2.91. The largest absolute Gasteiger partial charge is 0.490 e. The molecule has 24 heavy (non-hydrogen) atoms. The number of benzene rings is 1. The van der Waals surface area contributed by atoms with Gasteiger partial charge in [-0.15, -0.1) is 0 Å². The predicted molar refractivity (Wildman–Crippen MR) is 93.1 cm³/mol. The van der Waals surface area contributed by atoms with Gasteiger partial charge in [-0.05, 0) is 56.9 Å². The molecule has 1 fully saturated rings. The van der Waals surface area contributed by atoms with Crippen LogP contribution < -0.4 is 10.1 Å². The molecule has 2 aromatic heterocycles. The third-order valence-corrected chi connectivity index (χ3v) is 4.96. The number of nitrogens with zero attached hydrogens (tertiary/aromatic N) is 1. The first-order valence-corrected chi connectivity index (χ1v) is 8.64. The maximum absolute atomic E-state index is 6.27. The van der Waals surface area contributed by atoms with Crippen molar-refractivity contribution in [3.05, 3.63) is 48.0 Å². The standard InChI is InChI=1S/C19H23N3O2/c1-13-17-12-21-22-18(17)8-9-19(13)24-15-6-4-14(5-7-15)20-11-16-3-2-10-23-16/h2-3,8-10,12,14-15,20H,4-7,11H2,1H3,(H,21,22)/t14-,15+. The number of H-pyrrole nitrogens is 1. The monoisotopic (exact) mass is 325 g/mol. The van der Waals surface area contributed by atoms with Crippen LogP contribution >= 0.6 is 0 Å². The van der Waals surface area contributed by atoms with Crippen molar-refractivity contribution in [2.75, 3.05) is 0 Å². The van der Waals surface area contributed by atoms with Crippen LogP contribution in [0, 0.1) is 6.92 Å². The van der Waals surface area contributed by atoms with Crippen molar-refractivity contribution in [1.82, 2.24) is 15.5 Å². The topological polar surface area (TPSA) is 63.1 Å². The molecular formula is C19H23N3O2. The summed E-state index contributed by atoms with van der Waals surface area (Å²) in [7, 11) is 0. The van der Waals surface area contributed by atoms with Gasteiger partial charge in [0.05, 0.1) is 30.6 Å². The molecule has 0 unspecified atom stereocenters. The molecule has 0 saturated heterocycles. The predicted octanol–water partition coefficient (Wildman–Crippen LogP) is 3.94. The molecule has 1 aliphatic rings. The molecule has 0 aliphatic heterocycles. The number of ether oxygens (including phenoxy) is 1. The highest BCUT2D eigenvalue weighted by molar-refractivity contribution is 5.83. The summed E-state index contributed by atoms with van der Waals surface area (Å²) in [4.78, 5) is 0. The molecule has 3 aromatic rings. The minimum Gasteiger partial charge on any atom is -0.490 e. The molecule has 126 valence electrons. The van der Waals surface area contributed by atoms with Crippen molar-refractivity contribution < 1.29 is 9.15 Å². The zero-order valence-corrected chi connectivity index (χ0v) is 13.9. The lowest BCUT2D eigenvalue weighted by Gasteiger charge is -2.30. The van der Waals surface area contributed by atoms with Crippen LogP contribution in [0.2, 0.25) is 0 Å². The van der Waals surface area contributed by atoms with Gasteiger partial charge in [0.25, 0.3) is 0 Å². The van der Waals surface area contributed by atoms with Gasteiger partial charge in [0.1, 0.15) is 11.5 Å². The van der Waals surface area contributed by atoms with E-state index in [1.54, 1.807) is 6.26 Å². The van der Waals surface area contributed by atoms with E-state index in [-0.39, 0.29) is 0 Å². The Bertz CT molecular complexity index is 786. The molecule has 2 heterocycles. The van der Waals surface area contributed by atoms with Gasteiger partial charge in [-0.3, -0.25) is 5.10 Å². The Balaban J connectivity index is 1.31. The van der Waals surface area contributed by atoms with Crippen LogP contribution in [0.15, 0.2) is 41.1 Å². The SMILES string of the molecule is Cc1c(O[C@H]2CC[C@@H](NCc3ccco3)CC2)ccc2[nH]ncc12. The van der Waals surface area contributed by atoms with Crippen LogP contribution in [0.25, 0.3) is 10.9 Å². The summed E-state index contributed by atoms with van der Waals surface area (Å²) in [5.41, 5.74) is 2.23. The molecule has 1 aliphatic carbocycles. The van der Waals surface area contributed by atoms with Gasteiger partial charge >= 0.3 is 0 Å². The second-order valence-corrected chi connectivity index (χ2v) is 6.57. The average molecular weight is 325 g/mol. The van der Waals surface area contributed by atoms with Gasteiger partial charge in [-0.1, -0.05) is 0 Å². The van der Waals surface area contributed by atoms with Gasteiger partial charge in [0.15, 0.2) is 0 Å². The summed E-state index contributed by atoms with van der Waals surface area (Å²) in [5.74, 6) is 1.98. The van der Waals surface area contributed by atoms with Crippen LogP contribution in [-0.2, 0) is 6.54 Å². The Morgan fingerprint density at radius 2 is 2.12 bits per heavy atom. The molecule has 1 aromatic carbocycles. The van der Waals surface area contributed by atoms with Crippen molar-refractivity contribution in [2.24, 2.45) is 0 Å². The number of aromatic nitrogens is 2. The van der Waals surface area contributed by atoms with E-state index in [2.05, 4.69) is 28.5 Å². The molecule has 0 bridgehead atoms. The zero-order valence-electron chi connectivity index (χ0n) is 13.9. The van der Waals surface area contributed by atoms with E-state index in [0.29, 0.717) is 12.1 Å². The Morgan fingerprint density at radius 3 is 2.92 bits per heavy atom. The Kier molecular flexibility index (Phi) is 4.26. The highest BCUT2D eigenvalue weighted by atomic mass is 16.5. The van der Waals surface area contributed by atoms with E-state index in [1.807, 2.05) is 24.4 Å². The fourth-order valence-electron chi connectivity index (χ4n) is 3.49. The third kappa shape index (κ3) is 3.17. The van der Waals surface area contributed by atoms with E-state index in [0.717, 1.165) is 54.6 Å². The number of aromatic amines is 1. The molecule has 0 atom stereocenters. The maximum atomic E-state index is 6.27. The van der Waals surface area contributed by atoms with Crippen molar-refractivity contribution >= 4 is 10.9 Å². The van der Waals surface area contributed by atoms with Gasteiger partial charge < -0.3 is 14.5 Å². The highest BCUT2D eigenvalue weighted by Crippen LogP contribution is 2.30. The second kappa shape index (κ2) is 6.69. The van der Waals surface area contributed by atoms with Gasteiger partial charge in [-0.25, -0.2) is 0 Å². The summed E-state index contributed by atoms with van der Waals surface area (Å²) < 4.78 is 11.6. The summed E-state index contributed by atoms with van der Waals surface area (Å²) >= 11 is 0. The quantitative estimate of drug-likeness (QED) is 0.746. The first-order valence-electron chi connectivity index (χ1n) is 8.64. The third-order valence-electron chi connectivity index (χ3n) is 4.96. The van der Waals surface area contributed by atoms with E-state index >= 15 is 0 Å². The van der Waals surface area contributed by atoms with E-state index in [9.17, 15) is 0 Å². The number of rotatable bonds is 5. The van der Waals surface area contributed by atoms with Gasteiger partial charge in [0.2, 0.25) is 0 Å². The lowest BCUT2D eigenvalue weighted by atomic mass is 9.93. The number of fused-ring (bicyclic) bond motifs is 1. The van der Waals surface area contributed by atoms with Gasteiger partial charge in [-0.2, -0.15) is 5.10 Å².